The van der Waals surface area contributed by atoms with E-state index in [1.165, 1.54) is 16.2 Å². The highest BCUT2D eigenvalue weighted by molar-refractivity contribution is 7.17. The van der Waals surface area contributed by atoms with Crippen LogP contribution in [-0.2, 0) is 22.4 Å². The molecule has 1 aliphatic carbocycles. The van der Waals surface area contributed by atoms with Crippen LogP contribution >= 0.6 is 11.3 Å². The lowest BCUT2D eigenvalue weighted by molar-refractivity contribution is -0.118. The largest absolute Gasteiger partial charge is 0.483 e. The molecule has 0 bridgehead atoms. The zero-order chi connectivity index (χ0) is 22.8. The molecule has 1 aromatic carbocycles. The number of fused-ring (bicyclic) bond motifs is 1. The monoisotopic (exact) mass is 443 g/mol. The van der Waals surface area contributed by atoms with Crippen LogP contribution in [0.15, 0.2) is 18.2 Å². The van der Waals surface area contributed by atoms with E-state index in [2.05, 4.69) is 26.1 Å². The third kappa shape index (κ3) is 5.29. The first-order valence-electron chi connectivity index (χ1n) is 10.9. The van der Waals surface area contributed by atoms with Gasteiger partial charge in [0.15, 0.2) is 6.61 Å². The van der Waals surface area contributed by atoms with Gasteiger partial charge in [-0.25, -0.2) is 4.79 Å². The van der Waals surface area contributed by atoms with E-state index < -0.39 is 0 Å². The van der Waals surface area contributed by atoms with Crippen LogP contribution in [0.3, 0.4) is 0 Å². The Morgan fingerprint density at radius 2 is 1.87 bits per heavy atom. The average Bonchev–Trinajstić information content (AvgIpc) is 3.04. The van der Waals surface area contributed by atoms with Gasteiger partial charge in [0.1, 0.15) is 10.8 Å². The number of carbonyl (C=O) groups excluding carboxylic acids is 2. The van der Waals surface area contributed by atoms with Gasteiger partial charge in [-0.05, 0) is 68.1 Å². The number of amides is 1. The van der Waals surface area contributed by atoms with E-state index in [1.807, 2.05) is 32.0 Å². The number of nitrogens with one attached hydrogen (secondary N) is 1. The Balaban J connectivity index is 1.80. The molecule has 168 valence electrons. The maximum atomic E-state index is 12.7. The summed E-state index contributed by atoms with van der Waals surface area (Å²) in [5.74, 6) is 0.630. The lowest BCUT2D eigenvalue weighted by Gasteiger charge is -2.33. The Morgan fingerprint density at radius 1 is 1.19 bits per heavy atom. The Hall–Kier alpha value is -2.34. The molecule has 1 amide bonds. The highest BCUT2D eigenvalue weighted by atomic mass is 32.1. The molecule has 0 fully saturated rings. The summed E-state index contributed by atoms with van der Waals surface area (Å²) in [6.45, 7) is 12.7. The van der Waals surface area contributed by atoms with Gasteiger partial charge in [-0.3, -0.25) is 4.79 Å². The van der Waals surface area contributed by atoms with E-state index >= 15 is 0 Å². The molecule has 31 heavy (non-hydrogen) atoms. The Labute approximate surface area is 189 Å². The molecule has 1 heterocycles. The first-order valence-corrected chi connectivity index (χ1v) is 11.7. The van der Waals surface area contributed by atoms with E-state index in [9.17, 15) is 9.59 Å². The smallest absolute Gasteiger partial charge is 0.341 e. The molecule has 6 heteroatoms. The fraction of sp³-hybridized carbons (Fsp3) is 0.520. The van der Waals surface area contributed by atoms with Crippen LogP contribution in [0, 0.1) is 25.2 Å². The van der Waals surface area contributed by atoms with Gasteiger partial charge in [0, 0.05) is 4.88 Å². The Kier molecular flexibility index (Phi) is 7.10. The highest BCUT2D eigenvalue weighted by Gasteiger charge is 2.34. The Morgan fingerprint density at radius 3 is 2.48 bits per heavy atom. The van der Waals surface area contributed by atoms with Crippen LogP contribution in [0.25, 0.3) is 0 Å². The number of hydrogen-bond donors (Lipinski definition) is 1. The van der Waals surface area contributed by atoms with Crippen LogP contribution in [0.4, 0.5) is 5.00 Å². The van der Waals surface area contributed by atoms with Crippen molar-refractivity contribution in [1.82, 2.24) is 0 Å². The number of aryl methyl sites for hydroxylation is 2. The van der Waals surface area contributed by atoms with E-state index in [0.29, 0.717) is 23.1 Å². The van der Waals surface area contributed by atoms with E-state index in [4.69, 9.17) is 9.47 Å². The van der Waals surface area contributed by atoms with Gasteiger partial charge >= 0.3 is 5.97 Å². The minimum Gasteiger partial charge on any atom is -0.483 e. The second-order valence-electron chi connectivity index (χ2n) is 9.29. The number of carbonyl (C=O) groups is 2. The molecule has 0 saturated heterocycles. The van der Waals surface area contributed by atoms with Crippen LogP contribution in [0.2, 0.25) is 0 Å². The highest BCUT2D eigenvalue weighted by Crippen LogP contribution is 2.44. The van der Waals surface area contributed by atoms with Gasteiger partial charge < -0.3 is 14.8 Å². The molecule has 2 aromatic rings. The quantitative estimate of drug-likeness (QED) is 0.581. The number of ether oxygens (including phenoxy) is 2. The van der Waals surface area contributed by atoms with Crippen molar-refractivity contribution in [3.63, 3.8) is 0 Å². The number of hydrogen-bond acceptors (Lipinski definition) is 5. The number of rotatable bonds is 6. The van der Waals surface area contributed by atoms with E-state index in [0.717, 1.165) is 41.7 Å². The zero-order valence-corrected chi connectivity index (χ0v) is 20.2. The predicted octanol–water partition coefficient (Wildman–Crippen LogP) is 5.71. The molecule has 1 atom stereocenters. The lowest BCUT2D eigenvalue weighted by Crippen LogP contribution is -2.26. The molecule has 1 aromatic heterocycles. The van der Waals surface area contributed by atoms with E-state index in [1.54, 1.807) is 6.92 Å². The van der Waals surface area contributed by atoms with Crippen molar-refractivity contribution in [2.24, 2.45) is 11.3 Å². The fourth-order valence-corrected chi connectivity index (χ4v) is 5.49. The number of esters is 1. The minimum absolute atomic E-state index is 0.110. The molecule has 3 rings (SSSR count). The SMILES string of the molecule is CCOC(=O)c1c(NC(=O)COc2c(C)cccc2C)sc2c1CCC(C(C)(C)C)C2. The molecule has 5 nitrogen and oxygen atoms in total. The average molecular weight is 444 g/mol. The van der Waals surface area contributed by atoms with Gasteiger partial charge in [0.2, 0.25) is 0 Å². The van der Waals surface area contributed by atoms with Gasteiger partial charge in [0.25, 0.3) is 5.91 Å². The van der Waals surface area contributed by atoms with Crippen molar-refractivity contribution in [1.29, 1.82) is 0 Å². The molecular formula is C25H33NO4S. The molecule has 0 aliphatic heterocycles. The maximum absolute atomic E-state index is 12.7. The van der Waals surface area contributed by atoms with Crippen molar-refractivity contribution in [2.45, 2.75) is 60.8 Å². The van der Waals surface area contributed by atoms with Crippen molar-refractivity contribution in [3.05, 3.63) is 45.3 Å². The Bertz CT molecular complexity index is 950. The number of anilines is 1. The van der Waals surface area contributed by atoms with E-state index in [-0.39, 0.29) is 23.9 Å². The molecule has 0 radical (unpaired) electrons. The normalized spacial score (nSPS) is 15.9. The van der Waals surface area contributed by atoms with Gasteiger partial charge in [0.05, 0.1) is 12.2 Å². The maximum Gasteiger partial charge on any atom is 0.341 e. The van der Waals surface area contributed by atoms with Crippen LogP contribution < -0.4 is 10.1 Å². The van der Waals surface area contributed by atoms with Crippen molar-refractivity contribution in [3.8, 4) is 5.75 Å². The van der Waals surface area contributed by atoms with Crippen LogP contribution in [-0.4, -0.2) is 25.1 Å². The third-order valence-electron chi connectivity index (χ3n) is 5.98. The molecule has 1 aliphatic rings. The summed E-state index contributed by atoms with van der Waals surface area (Å²) in [4.78, 5) is 26.6. The summed E-state index contributed by atoms with van der Waals surface area (Å²) in [5.41, 5.74) is 3.73. The van der Waals surface area contributed by atoms with Gasteiger partial charge in [-0.1, -0.05) is 39.0 Å². The van der Waals surface area contributed by atoms with Crippen LogP contribution in [0.1, 0.15) is 66.0 Å². The molecular weight excluding hydrogens is 410 g/mol. The second kappa shape index (κ2) is 9.43. The number of benzene rings is 1. The summed E-state index contributed by atoms with van der Waals surface area (Å²) in [6.07, 6.45) is 2.78. The topological polar surface area (TPSA) is 64.6 Å². The number of thiophene rings is 1. The first-order chi connectivity index (χ1) is 14.6. The fourth-order valence-electron chi connectivity index (χ4n) is 4.16. The first kappa shape index (κ1) is 23.3. The summed E-state index contributed by atoms with van der Waals surface area (Å²) in [7, 11) is 0. The summed E-state index contributed by atoms with van der Waals surface area (Å²) < 4.78 is 11.1. The zero-order valence-electron chi connectivity index (χ0n) is 19.4. The second-order valence-corrected chi connectivity index (χ2v) is 10.4. The molecule has 1 N–H and O–H groups in total. The van der Waals surface area contributed by atoms with Gasteiger partial charge in [-0.15, -0.1) is 11.3 Å². The number of para-hydroxylation sites is 1. The van der Waals surface area contributed by atoms with Gasteiger partial charge in [-0.2, -0.15) is 0 Å². The van der Waals surface area contributed by atoms with Crippen molar-refractivity contribution < 1.29 is 19.1 Å². The van der Waals surface area contributed by atoms with Crippen molar-refractivity contribution in [2.75, 3.05) is 18.5 Å². The molecule has 1 unspecified atom stereocenters. The standard InChI is InChI=1S/C25H33NO4S/c1-7-29-24(28)21-18-12-11-17(25(4,5)6)13-19(18)31-23(21)26-20(27)14-30-22-15(2)9-8-10-16(22)3/h8-10,17H,7,11-14H2,1-6H3,(H,26,27). The lowest BCUT2D eigenvalue weighted by atomic mass is 9.72. The summed E-state index contributed by atoms with van der Waals surface area (Å²) in [5, 5.41) is 3.50. The summed E-state index contributed by atoms with van der Waals surface area (Å²) in [6, 6.07) is 5.88. The molecule has 0 saturated carbocycles. The van der Waals surface area contributed by atoms with Crippen LogP contribution in [0.5, 0.6) is 5.75 Å². The molecule has 0 spiro atoms. The minimum atomic E-state index is -0.361. The summed E-state index contributed by atoms with van der Waals surface area (Å²) >= 11 is 1.50. The van der Waals surface area contributed by atoms with Crippen molar-refractivity contribution >= 4 is 28.2 Å². The predicted molar refractivity (Wildman–Crippen MR) is 125 cm³/mol. The third-order valence-corrected chi connectivity index (χ3v) is 7.15.